The van der Waals surface area contributed by atoms with E-state index in [1.54, 1.807) is 0 Å². The van der Waals surface area contributed by atoms with Crippen molar-refractivity contribution in [2.45, 2.75) is 0 Å². The Balaban J connectivity index is -0.000000120. The smallest absolute Gasteiger partial charge is 1.00 e. The van der Waals surface area contributed by atoms with Crippen LogP contribution in [-0.2, 0) is 0 Å². The second kappa shape index (κ2) is 11.4. The molecule has 46 valence electrons. The molecule has 9 heavy (non-hydrogen) atoms. The molecule has 0 bridgehead atoms. The topological polar surface area (TPSA) is 0 Å². The first-order valence-corrected chi connectivity index (χ1v) is 1.91. The molecule has 0 aromatic heterocycles. The second-order valence-corrected chi connectivity index (χ2v) is 1.08. The first-order chi connectivity index (χ1) is 3.00. The van der Waals surface area contributed by atoms with Crippen molar-refractivity contribution in [3.8, 4) is 0 Å². The number of hydrogen-bond acceptors (Lipinski definition) is 0. The van der Waals surface area contributed by atoms with Gasteiger partial charge in [-0.1, -0.05) is 0 Å². The van der Waals surface area contributed by atoms with Gasteiger partial charge in [-0.05, 0) is 0 Å². The minimum atomic E-state index is 0. The summed E-state index contributed by atoms with van der Waals surface area (Å²) in [4.78, 5) is 0. The van der Waals surface area contributed by atoms with Gasteiger partial charge in [-0.2, -0.15) is 36.4 Å². The summed E-state index contributed by atoms with van der Waals surface area (Å²) in [7, 11) is 0. The number of halogens is 2. The zero-order valence-electron chi connectivity index (χ0n) is 4.88. The molecule has 0 unspecified atom stereocenters. The van der Waals surface area contributed by atoms with Crippen molar-refractivity contribution in [2.75, 3.05) is 0 Å². The van der Waals surface area contributed by atoms with Crippen molar-refractivity contribution in [3.05, 3.63) is 36.4 Å². The van der Waals surface area contributed by atoms with E-state index in [2.05, 4.69) is 6.07 Å². The molecule has 1 aromatic carbocycles. The zero-order chi connectivity index (χ0) is 4.24. The van der Waals surface area contributed by atoms with Gasteiger partial charge >= 0.3 is 23.1 Å². The molecule has 0 nitrogen and oxygen atoms in total. The van der Waals surface area contributed by atoms with E-state index in [9.17, 15) is 0 Å². The Labute approximate surface area is 84.0 Å². The Morgan fingerprint density at radius 3 is 1.44 bits per heavy atom. The molecular weight excluding hydrogens is 167 g/mol. The predicted octanol–water partition coefficient (Wildman–Crippen LogP) is -1.47. The quantitative estimate of drug-likeness (QED) is 0.332. The summed E-state index contributed by atoms with van der Waals surface area (Å²) in [6, 6.07) is 12.5. The van der Waals surface area contributed by atoms with Crippen LogP contribution in [0.2, 0.25) is 0 Å². The van der Waals surface area contributed by atoms with Crippen molar-refractivity contribution in [2.24, 2.45) is 0 Å². The summed E-state index contributed by atoms with van der Waals surface area (Å²) in [5.41, 5.74) is 0. The third-order valence-electron chi connectivity index (χ3n) is 0.607. The van der Waals surface area contributed by atoms with Gasteiger partial charge in [0.1, 0.15) is 0 Å². The van der Waals surface area contributed by atoms with E-state index in [1.165, 1.54) is 0 Å². The van der Waals surface area contributed by atoms with Gasteiger partial charge in [0.05, 0.1) is 0 Å². The largest absolute Gasteiger partial charge is 2.00 e. The molecule has 1 aromatic rings. The van der Waals surface area contributed by atoms with Crippen LogP contribution in [-0.4, -0.2) is 23.1 Å². The standard InChI is InChI=1S/C6H5.2ClH.Mg/c1-2-4-6-5-3-1;;;/h1-5H;2*1H;/q-1;;;+2/p-1. The fourth-order valence-corrected chi connectivity index (χ4v) is 0.342. The second-order valence-electron chi connectivity index (χ2n) is 1.08. The van der Waals surface area contributed by atoms with Crippen LogP contribution in [0.25, 0.3) is 0 Å². The zero-order valence-corrected chi connectivity index (χ0v) is 7.87. The maximum Gasteiger partial charge on any atom is 2.00 e. The summed E-state index contributed by atoms with van der Waals surface area (Å²) in [6.45, 7) is 0. The van der Waals surface area contributed by atoms with E-state index in [-0.39, 0.29) is 47.9 Å². The van der Waals surface area contributed by atoms with Crippen LogP contribution in [0.4, 0.5) is 0 Å². The molecule has 0 amide bonds. The molecule has 0 saturated carbocycles. The van der Waals surface area contributed by atoms with Gasteiger partial charge in [-0.15, -0.1) is 12.4 Å². The molecule has 0 atom stereocenters. The van der Waals surface area contributed by atoms with Gasteiger partial charge in [0.25, 0.3) is 0 Å². The van der Waals surface area contributed by atoms with Crippen molar-refractivity contribution in [3.63, 3.8) is 0 Å². The molecule has 1 rings (SSSR count). The van der Waals surface area contributed by atoms with Crippen LogP contribution < -0.4 is 12.4 Å². The maximum absolute atomic E-state index is 2.89. The van der Waals surface area contributed by atoms with E-state index < -0.39 is 0 Å². The Morgan fingerprint density at radius 1 is 0.889 bits per heavy atom. The fraction of sp³-hybridized carbons (Fsp3) is 0. The molecule has 3 heteroatoms. The molecule has 0 radical (unpaired) electrons. The Kier molecular flexibility index (Phi) is 20.6. The normalized spacial score (nSPS) is 5.33. The van der Waals surface area contributed by atoms with Crippen LogP contribution in [0.15, 0.2) is 30.3 Å². The summed E-state index contributed by atoms with van der Waals surface area (Å²) in [5, 5.41) is 0. The van der Waals surface area contributed by atoms with Gasteiger partial charge < -0.3 is 12.4 Å². The summed E-state index contributed by atoms with van der Waals surface area (Å²) in [6.07, 6.45) is 0. The molecule has 0 aliphatic rings. The minimum Gasteiger partial charge on any atom is -1.00 e. The molecule has 0 aliphatic carbocycles. The van der Waals surface area contributed by atoms with E-state index in [0.717, 1.165) is 0 Å². The monoisotopic (exact) mass is 172 g/mol. The summed E-state index contributed by atoms with van der Waals surface area (Å²) < 4.78 is 0. The van der Waals surface area contributed by atoms with Crippen molar-refractivity contribution in [1.82, 2.24) is 0 Å². The van der Waals surface area contributed by atoms with Gasteiger partial charge in [0.2, 0.25) is 0 Å². The predicted molar refractivity (Wildman–Crippen MR) is 38.3 cm³/mol. The van der Waals surface area contributed by atoms with Crippen LogP contribution in [0, 0.1) is 6.07 Å². The minimum absolute atomic E-state index is 0. The van der Waals surface area contributed by atoms with Gasteiger partial charge in [-0.25, -0.2) is 0 Å². The van der Waals surface area contributed by atoms with E-state index in [1.807, 2.05) is 30.3 Å². The van der Waals surface area contributed by atoms with Crippen LogP contribution in [0.5, 0.6) is 0 Å². The van der Waals surface area contributed by atoms with Gasteiger partial charge in [-0.3, -0.25) is 0 Å². The number of benzene rings is 1. The summed E-state index contributed by atoms with van der Waals surface area (Å²) >= 11 is 0. The van der Waals surface area contributed by atoms with Crippen molar-refractivity contribution < 1.29 is 12.4 Å². The number of rotatable bonds is 0. The van der Waals surface area contributed by atoms with Gasteiger partial charge in [0.15, 0.2) is 0 Å². The molecule has 0 aliphatic heterocycles. The van der Waals surface area contributed by atoms with Gasteiger partial charge in [0, 0.05) is 0 Å². The fourth-order valence-electron chi connectivity index (χ4n) is 0.342. The average molecular weight is 173 g/mol. The van der Waals surface area contributed by atoms with Crippen LogP contribution in [0.3, 0.4) is 0 Å². The Bertz CT molecular complexity index is 83.0. The van der Waals surface area contributed by atoms with Crippen molar-refractivity contribution >= 4 is 35.5 Å². The van der Waals surface area contributed by atoms with E-state index in [4.69, 9.17) is 0 Å². The van der Waals surface area contributed by atoms with Crippen molar-refractivity contribution in [1.29, 1.82) is 0 Å². The SMILES string of the molecule is Cl.[Cl-].[Mg+2].[c-]1ccccc1. The summed E-state index contributed by atoms with van der Waals surface area (Å²) in [5.74, 6) is 0. The maximum atomic E-state index is 2.89. The third-order valence-corrected chi connectivity index (χ3v) is 0.607. The van der Waals surface area contributed by atoms with E-state index >= 15 is 0 Å². The molecule has 0 fully saturated rings. The molecule has 0 spiro atoms. The molecule has 0 heterocycles. The Hall–Kier alpha value is 0.566. The first kappa shape index (κ1) is 16.3. The van der Waals surface area contributed by atoms with E-state index in [0.29, 0.717) is 0 Å². The van der Waals surface area contributed by atoms with Crippen LogP contribution >= 0.6 is 12.4 Å². The average Bonchev–Trinajstić information content (AvgIpc) is 1.72. The first-order valence-electron chi connectivity index (χ1n) is 1.91. The third kappa shape index (κ3) is 8.57. The number of hydrogen-bond donors (Lipinski definition) is 0. The molecular formula is C6H6Cl2Mg. The van der Waals surface area contributed by atoms with Crippen LogP contribution in [0.1, 0.15) is 0 Å². The Morgan fingerprint density at radius 2 is 1.33 bits per heavy atom. The molecule has 0 N–H and O–H groups in total. The molecule has 0 saturated heterocycles.